The van der Waals surface area contributed by atoms with Gasteiger partial charge in [0.15, 0.2) is 0 Å². The molecule has 0 aliphatic carbocycles. The molecule has 3 N–H and O–H groups in total. The van der Waals surface area contributed by atoms with Gasteiger partial charge in [0.1, 0.15) is 5.82 Å². The molecule has 4 nitrogen and oxygen atoms in total. The molecule has 108 valence electrons. The summed E-state index contributed by atoms with van der Waals surface area (Å²) in [6, 6.07) is 12.6. The van der Waals surface area contributed by atoms with Gasteiger partial charge in [-0.05, 0) is 35.4 Å². The number of benzene rings is 2. The second-order valence-corrected chi connectivity index (χ2v) is 4.65. The van der Waals surface area contributed by atoms with Gasteiger partial charge in [0.25, 0.3) is 0 Å². The van der Waals surface area contributed by atoms with Gasteiger partial charge in [0.05, 0.1) is 6.42 Å². The van der Waals surface area contributed by atoms with E-state index < -0.39 is 5.91 Å². The van der Waals surface area contributed by atoms with Crippen molar-refractivity contribution < 1.29 is 14.0 Å². The Hall–Kier alpha value is -2.69. The minimum atomic E-state index is -0.511. The van der Waals surface area contributed by atoms with Crippen molar-refractivity contribution in [2.24, 2.45) is 5.73 Å². The SMILES string of the molecule is NC(=O)c1cccc(CNC(=O)Cc2cccc(F)c2)c1. The lowest BCUT2D eigenvalue weighted by Crippen LogP contribution is -2.24. The van der Waals surface area contributed by atoms with Gasteiger partial charge < -0.3 is 11.1 Å². The summed E-state index contributed by atoms with van der Waals surface area (Å²) in [5.41, 5.74) is 6.97. The Morgan fingerprint density at radius 2 is 1.76 bits per heavy atom. The van der Waals surface area contributed by atoms with Crippen molar-refractivity contribution in [3.63, 3.8) is 0 Å². The van der Waals surface area contributed by atoms with Crippen molar-refractivity contribution in [1.29, 1.82) is 0 Å². The monoisotopic (exact) mass is 286 g/mol. The lowest BCUT2D eigenvalue weighted by molar-refractivity contribution is -0.120. The zero-order valence-corrected chi connectivity index (χ0v) is 11.3. The average Bonchev–Trinajstić information content (AvgIpc) is 2.45. The highest BCUT2D eigenvalue weighted by Gasteiger charge is 2.05. The van der Waals surface area contributed by atoms with E-state index in [9.17, 15) is 14.0 Å². The minimum absolute atomic E-state index is 0.104. The van der Waals surface area contributed by atoms with Crippen LogP contribution in [0, 0.1) is 5.82 Å². The number of amides is 2. The number of nitrogens with two attached hydrogens (primary N) is 1. The molecule has 0 saturated carbocycles. The maximum Gasteiger partial charge on any atom is 0.248 e. The van der Waals surface area contributed by atoms with E-state index in [0.717, 1.165) is 5.56 Å². The summed E-state index contributed by atoms with van der Waals surface area (Å²) >= 11 is 0. The number of carbonyl (C=O) groups excluding carboxylic acids is 2. The topological polar surface area (TPSA) is 72.2 Å². The van der Waals surface area contributed by atoms with E-state index in [0.29, 0.717) is 11.1 Å². The molecule has 2 rings (SSSR count). The molecule has 0 aliphatic rings. The first kappa shape index (κ1) is 14.7. The molecule has 21 heavy (non-hydrogen) atoms. The summed E-state index contributed by atoms with van der Waals surface area (Å²) in [6.45, 7) is 0.287. The fourth-order valence-corrected chi connectivity index (χ4v) is 1.93. The van der Waals surface area contributed by atoms with Gasteiger partial charge in [0, 0.05) is 12.1 Å². The highest BCUT2D eigenvalue weighted by molar-refractivity contribution is 5.92. The third-order valence-electron chi connectivity index (χ3n) is 2.95. The average molecular weight is 286 g/mol. The van der Waals surface area contributed by atoms with Gasteiger partial charge in [-0.1, -0.05) is 24.3 Å². The molecule has 0 heterocycles. The highest BCUT2D eigenvalue weighted by atomic mass is 19.1. The van der Waals surface area contributed by atoms with Crippen LogP contribution >= 0.6 is 0 Å². The molecule has 2 amide bonds. The molecule has 2 aromatic carbocycles. The zero-order valence-electron chi connectivity index (χ0n) is 11.3. The number of hydrogen-bond donors (Lipinski definition) is 2. The third-order valence-corrected chi connectivity index (χ3v) is 2.95. The molecule has 5 heteroatoms. The number of hydrogen-bond acceptors (Lipinski definition) is 2. The first-order chi connectivity index (χ1) is 10.0. The Morgan fingerprint density at radius 1 is 1.05 bits per heavy atom. The standard InChI is InChI=1S/C16H15FN2O2/c17-14-6-2-3-11(8-14)9-15(20)19-10-12-4-1-5-13(7-12)16(18)21/h1-8H,9-10H2,(H2,18,21)(H,19,20). The largest absolute Gasteiger partial charge is 0.366 e. The van der Waals surface area contributed by atoms with Crippen molar-refractivity contribution in [2.45, 2.75) is 13.0 Å². The Kier molecular flexibility index (Phi) is 4.66. The van der Waals surface area contributed by atoms with Crippen molar-refractivity contribution in [3.05, 3.63) is 71.0 Å². The summed E-state index contributed by atoms with van der Waals surface area (Å²) in [5.74, 6) is -1.09. The van der Waals surface area contributed by atoms with Crippen LogP contribution in [0.4, 0.5) is 4.39 Å². The van der Waals surface area contributed by atoms with Crippen LogP contribution < -0.4 is 11.1 Å². The third kappa shape index (κ3) is 4.42. The molecular weight excluding hydrogens is 271 g/mol. The van der Waals surface area contributed by atoms with E-state index in [4.69, 9.17) is 5.73 Å². The Morgan fingerprint density at radius 3 is 2.48 bits per heavy atom. The number of primary amides is 1. The lowest BCUT2D eigenvalue weighted by Gasteiger charge is -2.06. The predicted molar refractivity (Wildman–Crippen MR) is 76.9 cm³/mol. The van der Waals surface area contributed by atoms with Crippen molar-refractivity contribution in [3.8, 4) is 0 Å². The van der Waals surface area contributed by atoms with E-state index in [1.807, 2.05) is 0 Å². The van der Waals surface area contributed by atoms with Gasteiger partial charge in [0.2, 0.25) is 11.8 Å². The normalized spacial score (nSPS) is 10.1. The van der Waals surface area contributed by atoms with Crippen LogP contribution in [0.5, 0.6) is 0 Å². The molecule has 0 saturated heterocycles. The maximum atomic E-state index is 13.0. The van der Waals surface area contributed by atoms with Crippen LogP contribution in [0.15, 0.2) is 48.5 Å². The van der Waals surface area contributed by atoms with E-state index in [-0.39, 0.29) is 24.7 Å². The molecule has 0 aliphatic heterocycles. The minimum Gasteiger partial charge on any atom is -0.366 e. The maximum absolute atomic E-state index is 13.0. The summed E-state index contributed by atoms with van der Waals surface area (Å²) in [6.07, 6.45) is 0.104. The molecule has 0 unspecified atom stereocenters. The Bertz CT molecular complexity index is 671. The van der Waals surface area contributed by atoms with Gasteiger partial charge in [-0.15, -0.1) is 0 Å². The van der Waals surface area contributed by atoms with Crippen LogP contribution in [0.2, 0.25) is 0 Å². The number of nitrogens with one attached hydrogen (secondary N) is 1. The molecule has 0 radical (unpaired) electrons. The van der Waals surface area contributed by atoms with E-state index in [2.05, 4.69) is 5.32 Å². The Balaban J connectivity index is 1.92. The highest BCUT2D eigenvalue weighted by Crippen LogP contribution is 2.06. The molecule has 2 aromatic rings. The smallest absolute Gasteiger partial charge is 0.248 e. The summed E-state index contributed by atoms with van der Waals surface area (Å²) in [7, 11) is 0. The molecule has 0 bridgehead atoms. The van der Waals surface area contributed by atoms with Crippen molar-refractivity contribution in [1.82, 2.24) is 5.32 Å². The quantitative estimate of drug-likeness (QED) is 0.879. The molecule has 0 fully saturated rings. The zero-order chi connectivity index (χ0) is 15.2. The van der Waals surface area contributed by atoms with E-state index in [1.165, 1.54) is 12.1 Å². The van der Waals surface area contributed by atoms with Crippen LogP contribution in [0.1, 0.15) is 21.5 Å². The van der Waals surface area contributed by atoms with Crippen LogP contribution in [-0.4, -0.2) is 11.8 Å². The molecule has 0 atom stereocenters. The fraction of sp³-hybridized carbons (Fsp3) is 0.125. The van der Waals surface area contributed by atoms with E-state index >= 15 is 0 Å². The van der Waals surface area contributed by atoms with Crippen molar-refractivity contribution in [2.75, 3.05) is 0 Å². The molecule has 0 spiro atoms. The van der Waals surface area contributed by atoms with Crippen molar-refractivity contribution >= 4 is 11.8 Å². The summed E-state index contributed by atoms with van der Waals surface area (Å²) in [4.78, 5) is 22.9. The summed E-state index contributed by atoms with van der Waals surface area (Å²) < 4.78 is 13.0. The first-order valence-corrected chi connectivity index (χ1v) is 6.44. The van der Waals surface area contributed by atoms with Gasteiger partial charge in [-0.25, -0.2) is 4.39 Å². The Labute approximate surface area is 121 Å². The van der Waals surface area contributed by atoms with Crippen LogP contribution in [-0.2, 0) is 17.8 Å². The fourth-order valence-electron chi connectivity index (χ4n) is 1.93. The first-order valence-electron chi connectivity index (χ1n) is 6.44. The predicted octanol–water partition coefficient (Wildman–Crippen LogP) is 1.78. The van der Waals surface area contributed by atoms with E-state index in [1.54, 1.807) is 36.4 Å². The second kappa shape index (κ2) is 6.65. The number of halogens is 1. The molecule has 0 aromatic heterocycles. The van der Waals surface area contributed by atoms with Gasteiger partial charge in [-0.3, -0.25) is 9.59 Å². The molecular formula is C16H15FN2O2. The second-order valence-electron chi connectivity index (χ2n) is 4.65. The lowest BCUT2D eigenvalue weighted by atomic mass is 10.1. The van der Waals surface area contributed by atoms with Gasteiger partial charge in [-0.2, -0.15) is 0 Å². The van der Waals surface area contributed by atoms with Crippen LogP contribution in [0.3, 0.4) is 0 Å². The summed E-state index contributed by atoms with van der Waals surface area (Å²) in [5, 5.41) is 2.72. The van der Waals surface area contributed by atoms with Gasteiger partial charge >= 0.3 is 0 Å². The number of carbonyl (C=O) groups is 2. The van der Waals surface area contributed by atoms with Crippen LogP contribution in [0.25, 0.3) is 0 Å². The number of rotatable bonds is 5.